The predicted molar refractivity (Wildman–Crippen MR) is 66.4 cm³/mol. The second-order valence-electron chi connectivity index (χ2n) is 3.62. The zero-order chi connectivity index (χ0) is 11.8. The first-order valence-corrected chi connectivity index (χ1v) is 5.27. The molecule has 0 N–H and O–H groups in total. The van der Waals surface area contributed by atoms with E-state index in [1.807, 2.05) is 50.3 Å². The van der Waals surface area contributed by atoms with E-state index in [9.17, 15) is 4.79 Å². The lowest BCUT2D eigenvalue weighted by Crippen LogP contribution is -2.05. The molecule has 1 rings (SSSR count). The van der Waals surface area contributed by atoms with E-state index in [1.54, 1.807) is 6.08 Å². The van der Waals surface area contributed by atoms with Gasteiger partial charge < -0.3 is 4.74 Å². The molecule has 0 atom stereocenters. The van der Waals surface area contributed by atoms with Crippen molar-refractivity contribution >= 4 is 12.4 Å². The van der Waals surface area contributed by atoms with Gasteiger partial charge >= 0.3 is 0 Å². The number of carbonyl (C=O) groups is 1. The molecule has 0 aliphatic carbocycles. The summed E-state index contributed by atoms with van der Waals surface area (Å²) < 4.78 is 5.53. The number of carbonyl (C=O) groups excluding carboxylic acids is 1. The summed E-state index contributed by atoms with van der Waals surface area (Å²) in [4.78, 5) is 10.0. The Kier molecular flexibility index (Phi) is 5.06. The van der Waals surface area contributed by atoms with Crippen LogP contribution in [0, 0.1) is 0 Å². The first-order chi connectivity index (χ1) is 7.72. The molecule has 0 spiro atoms. The van der Waals surface area contributed by atoms with Gasteiger partial charge in [0.15, 0.2) is 0 Å². The Balaban J connectivity index is 2.60. The van der Waals surface area contributed by atoms with Crippen LogP contribution in [0.2, 0.25) is 0 Å². The molecule has 2 nitrogen and oxygen atoms in total. The molecule has 0 aliphatic rings. The Morgan fingerprint density at radius 1 is 1.06 bits per heavy atom. The molecule has 2 heteroatoms. The topological polar surface area (TPSA) is 26.3 Å². The number of hydrogen-bond donors (Lipinski definition) is 0. The van der Waals surface area contributed by atoms with Crippen molar-refractivity contribution < 1.29 is 9.53 Å². The molecule has 1 aromatic rings. The third kappa shape index (κ3) is 4.60. The highest BCUT2D eigenvalue weighted by molar-refractivity contribution is 5.66. The molecule has 0 amide bonds. The van der Waals surface area contributed by atoms with Gasteiger partial charge in [0.1, 0.15) is 12.0 Å². The summed E-state index contributed by atoms with van der Waals surface area (Å²) in [6.45, 7) is 4.00. The predicted octanol–water partition coefficient (Wildman–Crippen LogP) is 3.24. The van der Waals surface area contributed by atoms with Gasteiger partial charge in [0, 0.05) is 0 Å². The average molecular weight is 216 g/mol. The summed E-state index contributed by atoms with van der Waals surface area (Å²) in [6.07, 6.45) is 7.85. The van der Waals surface area contributed by atoms with Gasteiger partial charge in [-0.2, -0.15) is 0 Å². The Morgan fingerprint density at radius 2 is 1.75 bits per heavy atom. The Bertz CT molecular complexity index is 372. The van der Waals surface area contributed by atoms with Gasteiger partial charge in [-0.25, -0.2) is 0 Å². The van der Waals surface area contributed by atoms with Crippen LogP contribution >= 0.6 is 0 Å². The molecule has 84 valence electrons. The zero-order valence-electron chi connectivity index (χ0n) is 9.59. The van der Waals surface area contributed by atoms with Crippen molar-refractivity contribution in [3.63, 3.8) is 0 Å². The summed E-state index contributed by atoms with van der Waals surface area (Å²) >= 11 is 0. The van der Waals surface area contributed by atoms with Crippen LogP contribution in [0.15, 0.2) is 42.5 Å². The van der Waals surface area contributed by atoms with Crippen molar-refractivity contribution in [2.75, 3.05) is 0 Å². The quantitative estimate of drug-likeness (QED) is 0.429. The summed E-state index contributed by atoms with van der Waals surface area (Å²) in [5.74, 6) is 0.871. The minimum Gasteiger partial charge on any atom is -0.491 e. The molecule has 0 unspecified atom stereocenters. The van der Waals surface area contributed by atoms with Gasteiger partial charge in [0.2, 0.25) is 0 Å². The van der Waals surface area contributed by atoms with Crippen LogP contribution in [0.25, 0.3) is 6.08 Å². The smallest absolute Gasteiger partial charge is 0.142 e. The maximum atomic E-state index is 10.0. The van der Waals surface area contributed by atoms with Crippen LogP contribution in [-0.2, 0) is 4.79 Å². The normalized spacial score (nSPS) is 11.4. The highest BCUT2D eigenvalue weighted by Gasteiger charge is 1.95. The van der Waals surface area contributed by atoms with E-state index >= 15 is 0 Å². The lowest BCUT2D eigenvalue weighted by molar-refractivity contribution is -0.104. The van der Waals surface area contributed by atoms with Gasteiger partial charge in [-0.15, -0.1) is 0 Å². The number of hydrogen-bond acceptors (Lipinski definition) is 2. The molecule has 0 aromatic heterocycles. The fourth-order valence-electron chi connectivity index (χ4n) is 1.21. The van der Waals surface area contributed by atoms with Gasteiger partial charge in [-0.05, 0) is 37.6 Å². The summed E-state index contributed by atoms with van der Waals surface area (Å²) in [6, 6.07) is 7.82. The minimum absolute atomic E-state index is 0.192. The molecular weight excluding hydrogens is 200 g/mol. The van der Waals surface area contributed by atoms with E-state index in [4.69, 9.17) is 4.74 Å². The number of aldehydes is 1. The van der Waals surface area contributed by atoms with Crippen molar-refractivity contribution in [3.05, 3.63) is 48.1 Å². The van der Waals surface area contributed by atoms with Gasteiger partial charge in [-0.3, -0.25) is 4.79 Å². The van der Waals surface area contributed by atoms with Crippen LogP contribution in [0.4, 0.5) is 0 Å². The number of ether oxygens (including phenoxy) is 1. The number of allylic oxidation sites excluding steroid dienone is 3. The minimum atomic E-state index is 0.192. The van der Waals surface area contributed by atoms with Crippen LogP contribution in [0.5, 0.6) is 5.75 Å². The average Bonchev–Trinajstić information content (AvgIpc) is 2.26. The SMILES string of the molecule is CC(C)Oc1ccc(C=CC=CC=O)cc1. The monoisotopic (exact) mass is 216 g/mol. The molecule has 0 saturated heterocycles. The molecule has 1 aromatic carbocycles. The lowest BCUT2D eigenvalue weighted by Gasteiger charge is -2.09. The van der Waals surface area contributed by atoms with E-state index < -0.39 is 0 Å². The molecule has 16 heavy (non-hydrogen) atoms. The van der Waals surface area contributed by atoms with Crippen molar-refractivity contribution in [2.45, 2.75) is 20.0 Å². The van der Waals surface area contributed by atoms with Crippen molar-refractivity contribution in [2.24, 2.45) is 0 Å². The van der Waals surface area contributed by atoms with Crippen LogP contribution in [0.3, 0.4) is 0 Å². The largest absolute Gasteiger partial charge is 0.491 e. The fraction of sp³-hybridized carbons (Fsp3) is 0.214. The molecule has 0 fully saturated rings. The second kappa shape index (κ2) is 6.62. The highest BCUT2D eigenvalue weighted by atomic mass is 16.5. The van der Waals surface area contributed by atoms with Crippen molar-refractivity contribution in [3.8, 4) is 5.75 Å². The maximum absolute atomic E-state index is 10.0. The van der Waals surface area contributed by atoms with Crippen LogP contribution < -0.4 is 4.74 Å². The van der Waals surface area contributed by atoms with Crippen molar-refractivity contribution in [1.82, 2.24) is 0 Å². The lowest BCUT2D eigenvalue weighted by atomic mass is 10.2. The van der Waals surface area contributed by atoms with E-state index in [0.29, 0.717) is 0 Å². The van der Waals surface area contributed by atoms with E-state index in [2.05, 4.69) is 0 Å². The molecule has 0 aliphatic heterocycles. The van der Waals surface area contributed by atoms with Gasteiger partial charge in [0.05, 0.1) is 6.10 Å². The molecular formula is C14H16O2. The first-order valence-electron chi connectivity index (χ1n) is 5.27. The van der Waals surface area contributed by atoms with Gasteiger partial charge in [0.25, 0.3) is 0 Å². The fourth-order valence-corrected chi connectivity index (χ4v) is 1.21. The van der Waals surface area contributed by atoms with Crippen molar-refractivity contribution in [1.29, 1.82) is 0 Å². The Labute approximate surface area is 96.2 Å². The Morgan fingerprint density at radius 3 is 2.31 bits per heavy atom. The summed E-state index contributed by atoms with van der Waals surface area (Å²) in [7, 11) is 0. The number of rotatable bonds is 5. The molecule has 0 radical (unpaired) electrons. The molecule has 0 saturated carbocycles. The third-order valence-corrected chi connectivity index (χ3v) is 1.84. The van der Waals surface area contributed by atoms with Crippen LogP contribution in [-0.4, -0.2) is 12.4 Å². The third-order valence-electron chi connectivity index (χ3n) is 1.84. The molecule has 0 bridgehead atoms. The molecule has 0 heterocycles. The maximum Gasteiger partial charge on any atom is 0.142 e. The van der Waals surface area contributed by atoms with Gasteiger partial charge in [-0.1, -0.05) is 30.4 Å². The van der Waals surface area contributed by atoms with E-state index in [1.165, 1.54) is 6.08 Å². The summed E-state index contributed by atoms with van der Waals surface area (Å²) in [5, 5.41) is 0. The first kappa shape index (κ1) is 12.2. The highest BCUT2D eigenvalue weighted by Crippen LogP contribution is 2.14. The summed E-state index contributed by atoms with van der Waals surface area (Å²) in [5.41, 5.74) is 1.08. The second-order valence-corrected chi connectivity index (χ2v) is 3.62. The van der Waals surface area contributed by atoms with E-state index in [0.717, 1.165) is 17.6 Å². The zero-order valence-corrected chi connectivity index (χ0v) is 9.59. The van der Waals surface area contributed by atoms with E-state index in [-0.39, 0.29) is 6.10 Å². The standard InChI is InChI=1S/C14H16O2/c1-12(2)16-14-9-7-13(8-10-14)6-4-3-5-11-15/h3-12H,1-2H3. The number of benzene rings is 1. The van der Waals surface area contributed by atoms with Crippen LogP contribution in [0.1, 0.15) is 19.4 Å². The Hall–Kier alpha value is -1.83.